The van der Waals surface area contributed by atoms with Crippen molar-refractivity contribution in [1.82, 2.24) is 20.0 Å². The smallest absolute Gasteiger partial charge is 0.193 e. The minimum atomic E-state index is 0.488. The summed E-state index contributed by atoms with van der Waals surface area (Å²) in [6.45, 7) is 5.40. The topological polar surface area (TPSA) is 63.0 Å². The van der Waals surface area contributed by atoms with Gasteiger partial charge >= 0.3 is 0 Å². The summed E-state index contributed by atoms with van der Waals surface area (Å²) < 4.78 is 7.70. The Bertz CT molecular complexity index is 839. The summed E-state index contributed by atoms with van der Waals surface area (Å²) in [5.41, 5.74) is 2.04. The number of nitrogens with one attached hydrogen (secondary N) is 2. The maximum Gasteiger partial charge on any atom is 0.193 e. The molecule has 3 aromatic rings. The molecule has 0 bridgehead atoms. The summed E-state index contributed by atoms with van der Waals surface area (Å²) in [6.07, 6.45) is 5.76. The Morgan fingerprint density at radius 3 is 3.00 bits per heavy atom. The Morgan fingerprint density at radius 2 is 2.20 bits per heavy atom. The summed E-state index contributed by atoms with van der Waals surface area (Å²) in [7, 11) is 1.75. The summed E-state index contributed by atoms with van der Waals surface area (Å²) >= 11 is 1.62. The van der Waals surface area contributed by atoms with Gasteiger partial charge in [-0.2, -0.15) is 0 Å². The van der Waals surface area contributed by atoms with Crippen molar-refractivity contribution in [3.05, 3.63) is 66.0 Å². The second-order valence-corrected chi connectivity index (χ2v) is 6.18. The molecule has 130 valence electrons. The number of fused-ring (bicyclic) bond motifs is 1. The van der Waals surface area contributed by atoms with Gasteiger partial charge in [0.1, 0.15) is 12.4 Å². The summed E-state index contributed by atoms with van der Waals surface area (Å²) in [5, 5.41) is 8.60. The normalized spacial score (nSPS) is 11.5. The zero-order chi connectivity index (χ0) is 17.5. The molecule has 2 N–H and O–H groups in total. The van der Waals surface area contributed by atoms with Crippen molar-refractivity contribution < 1.29 is 4.74 Å². The first kappa shape index (κ1) is 17.0. The third-order valence-corrected chi connectivity index (χ3v) is 4.35. The zero-order valence-corrected chi connectivity index (χ0v) is 14.9. The van der Waals surface area contributed by atoms with Crippen LogP contribution < -0.4 is 15.4 Å². The lowest BCUT2D eigenvalue weighted by atomic mass is 10.2. The second kappa shape index (κ2) is 8.34. The predicted molar refractivity (Wildman–Crippen MR) is 102 cm³/mol. The lowest BCUT2D eigenvalue weighted by Crippen LogP contribution is -2.36. The van der Waals surface area contributed by atoms with E-state index in [4.69, 9.17) is 4.74 Å². The molecule has 0 saturated heterocycles. The van der Waals surface area contributed by atoms with E-state index in [0.29, 0.717) is 19.7 Å². The third kappa shape index (κ3) is 4.39. The average molecular weight is 355 g/mol. The van der Waals surface area contributed by atoms with E-state index >= 15 is 0 Å². The van der Waals surface area contributed by atoms with Crippen LogP contribution in [0.4, 0.5) is 0 Å². The van der Waals surface area contributed by atoms with E-state index in [0.717, 1.165) is 27.9 Å². The molecule has 0 spiro atoms. The van der Waals surface area contributed by atoms with Crippen LogP contribution in [0, 0.1) is 0 Å². The maximum absolute atomic E-state index is 5.68. The van der Waals surface area contributed by atoms with Crippen molar-refractivity contribution in [2.75, 3.05) is 13.7 Å². The van der Waals surface area contributed by atoms with Gasteiger partial charge in [0.05, 0.1) is 12.2 Å². The number of para-hydroxylation sites is 1. The first-order valence-electron chi connectivity index (χ1n) is 7.97. The fraction of sp³-hybridized carbons (Fsp3) is 0.222. The van der Waals surface area contributed by atoms with E-state index in [-0.39, 0.29) is 0 Å². The lowest BCUT2D eigenvalue weighted by molar-refractivity contribution is 0.358. The molecule has 2 aromatic heterocycles. The second-order valence-electron chi connectivity index (χ2n) is 5.31. The molecule has 0 aliphatic rings. The molecule has 3 rings (SSSR count). The van der Waals surface area contributed by atoms with E-state index < -0.39 is 0 Å². The Labute approximate surface area is 150 Å². The number of hydrogen-bond donors (Lipinski definition) is 2. The molecule has 0 amide bonds. The highest BCUT2D eigenvalue weighted by Gasteiger charge is 2.06. The minimum absolute atomic E-state index is 0.488. The average Bonchev–Trinajstić information content (AvgIpc) is 3.22. The van der Waals surface area contributed by atoms with Crippen LogP contribution in [0.15, 0.2) is 59.7 Å². The fourth-order valence-corrected chi connectivity index (χ4v) is 3.09. The van der Waals surface area contributed by atoms with Crippen molar-refractivity contribution in [2.45, 2.75) is 13.1 Å². The van der Waals surface area contributed by atoms with E-state index in [1.165, 1.54) is 0 Å². The number of nitrogens with zero attached hydrogens (tertiary/aromatic N) is 3. The number of rotatable bonds is 7. The molecule has 0 unspecified atom stereocenters. The van der Waals surface area contributed by atoms with E-state index in [1.807, 2.05) is 46.4 Å². The van der Waals surface area contributed by atoms with Gasteiger partial charge < -0.3 is 15.4 Å². The summed E-state index contributed by atoms with van der Waals surface area (Å²) in [6, 6.07) is 7.93. The van der Waals surface area contributed by atoms with Crippen molar-refractivity contribution in [3.63, 3.8) is 0 Å². The Kier molecular flexibility index (Phi) is 5.69. The van der Waals surface area contributed by atoms with Crippen LogP contribution in [0.5, 0.6) is 5.75 Å². The van der Waals surface area contributed by atoms with Crippen LogP contribution in [0.25, 0.3) is 4.96 Å². The molecule has 0 saturated carbocycles. The number of ether oxygens (including phenoxy) is 1. The van der Waals surface area contributed by atoms with Crippen molar-refractivity contribution >= 4 is 22.3 Å². The molecular weight excluding hydrogens is 334 g/mol. The lowest BCUT2D eigenvalue weighted by Gasteiger charge is -2.14. The number of guanidine groups is 1. The van der Waals surface area contributed by atoms with Gasteiger partial charge in [0.2, 0.25) is 0 Å². The molecule has 0 atom stereocenters. The molecule has 0 fully saturated rings. The Balaban J connectivity index is 1.56. The van der Waals surface area contributed by atoms with Crippen molar-refractivity contribution in [3.8, 4) is 5.75 Å². The maximum atomic E-state index is 5.68. The first-order valence-corrected chi connectivity index (χ1v) is 8.85. The Hall–Kier alpha value is -2.80. The molecule has 0 aliphatic heterocycles. The van der Waals surface area contributed by atoms with Gasteiger partial charge in [0, 0.05) is 36.9 Å². The minimum Gasteiger partial charge on any atom is -0.489 e. The van der Waals surface area contributed by atoms with Crippen molar-refractivity contribution in [2.24, 2.45) is 4.99 Å². The monoisotopic (exact) mass is 355 g/mol. The van der Waals surface area contributed by atoms with Gasteiger partial charge in [-0.1, -0.05) is 30.9 Å². The van der Waals surface area contributed by atoms with Crippen LogP contribution in [0.3, 0.4) is 0 Å². The highest BCUT2D eigenvalue weighted by Crippen LogP contribution is 2.17. The number of thiazole rings is 1. The summed E-state index contributed by atoms with van der Waals surface area (Å²) in [4.78, 5) is 9.80. The first-order chi connectivity index (χ1) is 12.3. The molecule has 1 aromatic carbocycles. The van der Waals surface area contributed by atoms with E-state index in [2.05, 4.69) is 27.2 Å². The van der Waals surface area contributed by atoms with Gasteiger partial charge in [-0.3, -0.25) is 9.39 Å². The van der Waals surface area contributed by atoms with Gasteiger partial charge in [0.15, 0.2) is 10.9 Å². The highest BCUT2D eigenvalue weighted by atomic mass is 32.1. The molecule has 25 heavy (non-hydrogen) atoms. The summed E-state index contributed by atoms with van der Waals surface area (Å²) in [5.74, 6) is 1.56. The quantitative estimate of drug-likeness (QED) is 0.389. The number of aliphatic imine (C=N–C) groups is 1. The molecule has 0 radical (unpaired) electrons. The van der Waals surface area contributed by atoms with Gasteiger partial charge in [-0.25, -0.2) is 4.98 Å². The van der Waals surface area contributed by atoms with E-state index in [9.17, 15) is 0 Å². The fourth-order valence-electron chi connectivity index (χ4n) is 2.37. The Morgan fingerprint density at radius 1 is 1.36 bits per heavy atom. The molecule has 6 nitrogen and oxygen atoms in total. The number of hydrogen-bond acceptors (Lipinski definition) is 4. The number of aromatic nitrogens is 2. The molecule has 0 aliphatic carbocycles. The van der Waals surface area contributed by atoms with Gasteiger partial charge in [-0.15, -0.1) is 11.3 Å². The van der Waals surface area contributed by atoms with Crippen LogP contribution in [-0.2, 0) is 13.1 Å². The van der Waals surface area contributed by atoms with Crippen molar-refractivity contribution in [1.29, 1.82) is 0 Å². The highest BCUT2D eigenvalue weighted by molar-refractivity contribution is 7.15. The number of benzene rings is 1. The molecule has 2 heterocycles. The van der Waals surface area contributed by atoms with Gasteiger partial charge in [0.25, 0.3) is 0 Å². The molecular formula is C18H21N5OS. The SMILES string of the molecule is C=CCOc1ccccc1CNC(=NC)NCc1cn2ccsc2n1. The van der Waals surface area contributed by atoms with Gasteiger partial charge in [-0.05, 0) is 6.07 Å². The molecule has 7 heteroatoms. The standard InChI is InChI=1S/C18H21N5OS/c1-3-9-24-16-7-5-4-6-14(16)11-20-17(19-2)21-12-15-13-23-8-10-25-18(23)22-15/h3-8,10,13H,1,9,11-12H2,2H3,(H2,19,20,21). The van der Waals surface area contributed by atoms with Crippen LogP contribution in [0.1, 0.15) is 11.3 Å². The van der Waals surface area contributed by atoms with Crippen LogP contribution in [-0.4, -0.2) is 29.0 Å². The largest absolute Gasteiger partial charge is 0.489 e. The third-order valence-electron chi connectivity index (χ3n) is 3.58. The predicted octanol–water partition coefficient (Wildman–Crippen LogP) is 2.83. The van der Waals surface area contributed by atoms with Crippen LogP contribution in [0.2, 0.25) is 0 Å². The zero-order valence-electron chi connectivity index (χ0n) is 14.1. The van der Waals surface area contributed by atoms with Crippen LogP contribution >= 0.6 is 11.3 Å². The van der Waals surface area contributed by atoms with E-state index in [1.54, 1.807) is 24.5 Å². The number of imidazole rings is 1.